The molecule has 1 aliphatic rings. The average molecular weight is 319 g/mol. The van der Waals surface area contributed by atoms with Gasteiger partial charge in [0.15, 0.2) is 5.03 Å². The summed E-state index contributed by atoms with van der Waals surface area (Å²) < 4.78 is 32.0. The van der Waals surface area contributed by atoms with E-state index in [4.69, 9.17) is 16.3 Å². The minimum Gasteiger partial charge on any atom is -0.377 e. The Morgan fingerprint density at radius 1 is 1.50 bits per heavy atom. The lowest BCUT2D eigenvalue weighted by molar-refractivity contribution is 0.0946. The molecule has 2 heterocycles. The number of hydrogen-bond donors (Lipinski definition) is 0. The lowest BCUT2D eigenvalue weighted by Crippen LogP contribution is -2.37. The molecule has 0 radical (unpaired) electrons. The van der Waals surface area contributed by atoms with E-state index in [0.717, 1.165) is 18.4 Å². The van der Waals surface area contributed by atoms with Crippen molar-refractivity contribution in [3.63, 3.8) is 0 Å². The quantitative estimate of drug-likeness (QED) is 0.753. The molecule has 0 spiro atoms. The first-order valence-electron chi connectivity index (χ1n) is 6.70. The van der Waals surface area contributed by atoms with Gasteiger partial charge in [-0.05, 0) is 24.5 Å². The molecule has 1 aromatic heterocycles. The predicted molar refractivity (Wildman–Crippen MR) is 77.2 cm³/mol. The van der Waals surface area contributed by atoms with Crippen LogP contribution in [-0.4, -0.2) is 43.5 Å². The summed E-state index contributed by atoms with van der Waals surface area (Å²) >= 11 is 5.68. The first-order chi connectivity index (χ1) is 9.57. The summed E-state index contributed by atoms with van der Waals surface area (Å²) in [5.41, 5.74) is 0.799. The molecule has 0 amide bonds. The van der Waals surface area contributed by atoms with Crippen LogP contribution in [0.4, 0.5) is 0 Å². The van der Waals surface area contributed by atoms with Gasteiger partial charge in [0.25, 0.3) is 10.0 Å². The van der Waals surface area contributed by atoms with Crippen molar-refractivity contribution in [2.75, 3.05) is 19.7 Å². The van der Waals surface area contributed by atoms with Crippen LogP contribution in [0.1, 0.15) is 25.3 Å². The van der Waals surface area contributed by atoms with Crippen molar-refractivity contribution in [2.24, 2.45) is 0 Å². The van der Waals surface area contributed by atoms with Crippen molar-refractivity contribution in [1.29, 1.82) is 0 Å². The van der Waals surface area contributed by atoms with Crippen LogP contribution in [-0.2, 0) is 20.6 Å². The van der Waals surface area contributed by atoms with Gasteiger partial charge in [-0.15, -0.1) is 11.6 Å². The Balaban J connectivity index is 2.16. The van der Waals surface area contributed by atoms with Gasteiger partial charge in [0.05, 0.1) is 6.10 Å². The Kier molecular flexibility index (Phi) is 5.37. The van der Waals surface area contributed by atoms with E-state index < -0.39 is 10.0 Å². The van der Waals surface area contributed by atoms with E-state index in [9.17, 15) is 8.42 Å². The van der Waals surface area contributed by atoms with Crippen molar-refractivity contribution < 1.29 is 13.2 Å². The van der Waals surface area contributed by atoms with E-state index in [-0.39, 0.29) is 11.1 Å². The van der Waals surface area contributed by atoms with Gasteiger partial charge < -0.3 is 4.74 Å². The normalized spacial score (nSPS) is 19.6. The number of sulfonamides is 1. The van der Waals surface area contributed by atoms with E-state index in [1.54, 1.807) is 6.07 Å². The van der Waals surface area contributed by atoms with Crippen LogP contribution < -0.4 is 0 Å². The van der Waals surface area contributed by atoms with Gasteiger partial charge in [-0.3, -0.25) is 0 Å². The summed E-state index contributed by atoms with van der Waals surface area (Å²) in [7, 11) is -3.56. The molecule has 2 rings (SSSR count). The smallest absolute Gasteiger partial charge is 0.260 e. The number of nitrogens with zero attached hydrogens (tertiary/aromatic N) is 2. The summed E-state index contributed by atoms with van der Waals surface area (Å²) in [5, 5.41) is 0.0613. The first kappa shape index (κ1) is 15.7. The monoisotopic (exact) mass is 318 g/mol. The standard InChI is InChI=1S/C13H19ClN2O3S/c1-2-16(10-12-4-3-7-19-12)20(17,18)13-6-5-11(8-14)9-15-13/h5-6,9,12H,2-4,7-8,10H2,1H3. The predicted octanol–water partition coefficient (Wildman–Crippen LogP) is 2.01. The zero-order chi connectivity index (χ0) is 14.6. The first-order valence-corrected chi connectivity index (χ1v) is 8.68. The zero-order valence-corrected chi connectivity index (χ0v) is 13.0. The summed E-state index contributed by atoms with van der Waals surface area (Å²) in [5.74, 6) is 0.320. The second-order valence-corrected chi connectivity index (χ2v) is 6.88. The largest absolute Gasteiger partial charge is 0.377 e. The van der Waals surface area contributed by atoms with E-state index in [1.807, 2.05) is 6.92 Å². The highest BCUT2D eigenvalue weighted by Crippen LogP contribution is 2.19. The third-order valence-electron chi connectivity index (χ3n) is 3.34. The van der Waals surface area contributed by atoms with E-state index in [0.29, 0.717) is 25.6 Å². The second-order valence-electron chi connectivity index (χ2n) is 4.73. The molecule has 5 nitrogen and oxygen atoms in total. The van der Waals surface area contributed by atoms with E-state index >= 15 is 0 Å². The molecule has 7 heteroatoms. The minimum atomic E-state index is -3.56. The summed E-state index contributed by atoms with van der Waals surface area (Å²) in [4.78, 5) is 4.01. The maximum atomic E-state index is 12.5. The van der Waals surface area contributed by atoms with Gasteiger partial charge in [0, 0.05) is 31.8 Å². The Bertz CT molecular complexity index is 527. The summed E-state index contributed by atoms with van der Waals surface area (Å²) in [6.45, 7) is 3.32. The molecule has 0 saturated carbocycles. The molecule has 1 atom stereocenters. The van der Waals surface area contributed by atoms with Gasteiger partial charge in [-0.25, -0.2) is 13.4 Å². The zero-order valence-electron chi connectivity index (χ0n) is 11.5. The highest BCUT2D eigenvalue weighted by atomic mass is 35.5. The number of pyridine rings is 1. The topological polar surface area (TPSA) is 59.5 Å². The van der Waals surface area contributed by atoms with Crippen molar-refractivity contribution >= 4 is 21.6 Å². The van der Waals surface area contributed by atoms with Gasteiger partial charge in [0.1, 0.15) is 0 Å². The highest BCUT2D eigenvalue weighted by molar-refractivity contribution is 7.89. The molecule has 20 heavy (non-hydrogen) atoms. The number of likely N-dealkylation sites (N-methyl/N-ethyl adjacent to an activating group) is 1. The molecule has 0 N–H and O–H groups in total. The molecular weight excluding hydrogens is 300 g/mol. The number of aromatic nitrogens is 1. The Labute approximate surface area is 125 Å². The number of alkyl halides is 1. The van der Waals surface area contributed by atoms with Crippen LogP contribution in [0.2, 0.25) is 0 Å². The van der Waals surface area contributed by atoms with Gasteiger partial charge >= 0.3 is 0 Å². The van der Waals surface area contributed by atoms with Crippen LogP contribution in [0.5, 0.6) is 0 Å². The minimum absolute atomic E-state index is 0.00756. The fraction of sp³-hybridized carbons (Fsp3) is 0.615. The van der Waals surface area contributed by atoms with Crippen molar-refractivity contribution in [2.45, 2.75) is 36.8 Å². The van der Waals surface area contributed by atoms with Crippen LogP contribution in [0.25, 0.3) is 0 Å². The number of hydrogen-bond acceptors (Lipinski definition) is 4. The lowest BCUT2D eigenvalue weighted by Gasteiger charge is -2.22. The van der Waals surface area contributed by atoms with Crippen LogP contribution in [0, 0.1) is 0 Å². The SMILES string of the molecule is CCN(CC1CCCO1)S(=O)(=O)c1ccc(CCl)cn1. The molecule has 1 fully saturated rings. The van der Waals surface area contributed by atoms with Crippen molar-refractivity contribution in [3.05, 3.63) is 23.9 Å². The lowest BCUT2D eigenvalue weighted by atomic mass is 10.2. The summed E-state index contributed by atoms with van der Waals surface area (Å²) in [6, 6.07) is 3.19. The maximum absolute atomic E-state index is 12.5. The molecular formula is C13H19ClN2O3S. The van der Waals surface area contributed by atoms with E-state index in [1.165, 1.54) is 16.6 Å². The molecule has 1 aromatic rings. The highest BCUT2D eigenvalue weighted by Gasteiger charge is 2.28. The Hall–Kier alpha value is -0.690. The number of rotatable bonds is 6. The number of ether oxygens (including phenoxy) is 1. The van der Waals surface area contributed by atoms with E-state index in [2.05, 4.69) is 4.98 Å². The Morgan fingerprint density at radius 2 is 2.30 bits per heavy atom. The van der Waals surface area contributed by atoms with Crippen LogP contribution >= 0.6 is 11.6 Å². The molecule has 1 unspecified atom stereocenters. The van der Waals surface area contributed by atoms with Crippen molar-refractivity contribution in [1.82, 2.24) is 9.29 Å². The molecule has 1 aliphatic heterocycles. The molecule has 0 aliphatic carbocycles. The molecule has 0 aromatic carbocycles. The van der Waals surface area contributed by atoms with Crippen LogP contribution in [0.3, 0.4) is 0 Å². The van der Waals surface area contributed by atoms with Crippen LogP contribution in [0.15, 0.2) is 23.4 Å². The number of halogens is 1. The summed E-state index contributed by atoms with van der Waals surface area (Å²) in [6.07, 6.45) is 3.39. The Morgan fingerprint density at radius 3 is 2.80 bits per heavy atom. The third-order valence-corrected chi connectivity index (χ3v) is 5.51. The molecule has 0 bridgehead atoms. The van der Waals surface area contributed by atoms with Gasteiger partial charge in [-0.1, -0.05) is 13.0 Å². The second kappa shape index (κ2) is 6.85. The van der Waals surface area contributed by atoms with Crippen molar-refractivity contribution in [3.8, 4) is 0 Å². The van der Waals surface area contributed by atoms with Gasteiger partial charge in [-0.2, -0.15) is 4.31 Å². The fourth-order valence-corrected chi connectivity index (χ4v) is 3.74. The maximum Gasteiger partial charge on any atom is 0.260 e. The third kappa shape index (κ3) is 3.49. The fourth-order valence-electron chi connectivity index (χ4n) is 2.19. The molecule has 112 valence electrons. The average Bonchev–Trinajstić information content (AvgIpc) is 2.97. The molecule has 1 saturated heterocycles. The van der Waals surface area contributed by atoms with Gasteiger partial charge in [0.2, 0.25) is 0 Å².